The molecule has 226 valence electrons. The van der Waals surface area contributed by atoms with Crippen LogP contribution in [-0.2, 0) is 14.8 Å². The van der Waals surface area contributed by atoms with Gasteiger partial charge in [-0.25, -0.2) is 36.9 Å². The average molecular weight is 633 g/mol. The summed E-state index contributed by atoms with van der Waals surface area (Å²) in [5.41, 5.74) is 0.383. The van der Waals surface area contributed by atoms with Crippen molar-refractivity contribution in [2.45, 2.75) is 50.2 Å². The summed E-state index contributed by atoms with van der Waals surface area (Å²) in [7, 11) is -4.42. The molecule has 1 aliphatic heterocycles. The van der Waals surface area contributed by atoms with Crippen molar-refractivity contribution >= 4 is 44.4 Å². The molecule has 1 aliphatic rings. The Morgan fingerprint density at radius 3 is 2.51 bits per heavy atom. The zero-order valence-corrected chi connectivity index (χ0v) is 24.9. The van der Waals surface area contributed by atoms with Gasteiger partial charge in [-0.2, -0.15) is 4.98 Å². The summed E-state index contributed by atoms with van der Waals surface area (Å²) >= 11 is 6.11. The van der Waals surface area contributed by atoms with E-state index in [4.69, 9.17) is 21.1 Å². The van der Waals surface area contributed by atoms with Crippen LogP contribution in [0.4, 0.5) is 19.3 Å². The van der Waals surface area contributed by atoms with Crippen LogP contribution in [0.25, 0.3) is 22.3 Å². The number of halogens is 3. The van der Waals surface area contributed by atoms with Crippen LogP contribution in [0.15, 0.2) is 53.8 Å². The summed E-state index contributed by atoms with van der Waals surface area (Å²) in [6.07, 6.45) is 3.17. The Bertz CT molecular complexity index is 1800. The number of ether oxygens (including phenoxy) is 2. The number of nitrogens with zero attached hydrogens (tertiary/aromatic N) is 5. The highest BCUT2D eigenvalue weighted by Crippen LogP contribution is 2.30. The van der Waals surface area contributed by atoms with E-state index in [0.717, 1.165) is 12.1 Å². The molecule has 0 saturated carbocycles. The second kappa shape index (κ2) is 11.8. The highest BCUT2D eigenvalue weighted by molar-refractivity contribution is 7.92. The van der Waals surface area contributed by atoms with Gasteiger partial charge in [-0.3, -0.25) is 4.72 Å². The summed E-state index contributed by atoms with van der Waals surface area (Å²) in [6, 6.07) is 6.96. The molecular formula is C28H27ClF2N6O5S. The maximum atomic E-state index is 14.1. The number of aromatic nitrogens is 4. The van der Waals surface area contributed by atoms with Gasteiger partial charge in [-0.15, -0.1) is 0 Å². The third-order valence-electron chi connectivity index (χ3n) is 6.39. The molecule has 4 aromatic rings. The molecule has 4 heterocycles. The van der Waals surface area contributed by atoms with Crippen LogP contribution in [0, 0.1) is 11.6 Å². The number of fused-ring (bicyclic) bond motifs is 1. The van der Waals surface area contributed by atoms with Crippen LogP contribution < -0.4 is 9.46 Å². The van der Waals surface area contributed by atoms with Gasteiger partial charge in [0, 0.05) is 43.8 Å². The fraction of sp³-hybridized carbons (Fsp3) is 0.321. The molecule has 1 N–H and O–H groups in total. The first kappa shape index (κ1) is 30.3. The number of carbonyl (C=O) groups excluding carboxylic acids is 1. The van der Waals surface area contributed by atoms with E-state index >= 15 is 0 Å². The molecule has 0 bridgehead atoms. The molecular weight excluding hydrogens is 606 g/mol. The topological polar surface area (TPSA) is 136 Å². The van der Waals surface area contributed by atoms with Crippen LogP contribution in [0.1, 0.15) is 33.6 Å². The van der Waals surface area contributed by atoms with Crippen molar-refractivity contribution in [2.75, 3.05) is 17.8 Å². The molecule has 43 heavy (non-hydrogen) atoms. The van der Waals surface area contributed by atoms with Gasteiger partial charge in [0.05, 0.1) is 16.9 Å². The molecule has 1 aromatic carbocycles. The van der Waals surface area contributed by atoms with Crippen LogP contribution in [0.3, 0.4) is 0 Å². The van der Waals surface area contributed by atoms with Crippen molar-refractivity contribution in [3.8, 4) is 17.1 Å². The normalized spacial score (nSPS) is 14.5. The van der Waals surface area contributed by atoms with E-state index in [1.54, 1.807) is 17.0 Å². The Morgan fingerprint density at radius 2 is 1.81 bits per heavy atom. The van der Waals surface area contributed by atoms with E-state index in [2.05, 4.69) is 24.7 Å². The Kier molecular flexibility index (Phi) is 8.34. The SMILES string of the molecule is CC(C)(C)OC(=O)N1CCC(Oc2ncnc3ccc(-c4cnc(Cl)c(S(=O)(=O)Nc5ccc(F)cc5F)c4)nc23)CC1. The molecule has 15 heteroatoms. The Labute approximate surface area is 251 Å². The number of likely N-dealkylation sites (tertiary alicyclic amines) is 1. The molecule has 0 spiro atoms. The second-order valence-corrected chi connectivity index (χ2v) is 12.8. The maximum absolute atomic E-state index is 14.1. The number of piperidine rings is 1. The third-order valence-corrected chi connectivity index (χ3v) is 8.18. The van der Waals surface area contributed by atoms with Gasteiger partial charge < -0.3 is 14.4 Å². The minimum atomic E-state index is -4.42. The number of amides is 1. The number of sulfonamides is 1. The van der Waals surface area contributed by atoms with E-state index < -0.39 is 37.8 Å². The third kappa shape index (κ3) is 7.08. The number of pyridine rings is 2. The minimum absolute atomic E-state index is 0.228. The van der Waals surface area contributed by atoms with Gasteiger partial charge in [-0.1, -0.05) is 11.6 Å². The minimum Gasteiger partial charge on any atom is -0.473 e. The van der Waals surface area contributed by atoms with Crippen molar-refractivity contribution in [1.82, 2.24) is 24.8 Å². The number of carbonyl (C=O) groups is 1. The van der Waals surface area contributed by atoms with E-state index in [-0.39, 0.29) is 28.8 Å². The lowest BCUT2D eigenvalue weighted by Gasteiger charge is -2.33. The van der Waals surface area contributed by atoms with E-state index in [9.17, 15) is 22.0 Å². The number of rotatable bonds is 6. The zero-order chi connectivity index (χ0) is 30.9. The maximum Gasteiger partial charge on any atom is 0.410 e. The number of benzene rings is 1. The number of nitrogens with one attached hydrogen (secondary N) is 1. The summed E-state index contributed by atoms with van der Waals surface area (Å²) < 4.78 is 67.3. The van der Waals surface area contributed by atoms with Crippen molar-refractivity contribution in [3.05, 3.63) is 65.7 Å². The van der Waals surface area contributed by atoms with Crippen LogP contribution >= 0.6 is 11.6 Å². The Balaban J connectivity index is 1.37. The predicted octanol–water partition coefficient (Wildman–Crippen LogP) is 5.60. The summed E-state index contributed by atoms with van der Waals surface area (Å²) in [5.74, 6) is -1.73. The first-order valence-corrected chi connectivity index (χ1v) is 15.1. The molecule has 1 fully saturated rings. The molecule has 3 aromatic heterocycles. The van der Waals surface area contributed by atoms with E-state index in [1.807, 2.05) is 20.8 Å². The standard InChI is InChI=1S/C28H27ClF2N6O5S/c1-28(2,3)42-27(38)37-10-8-18(9-11-37)41-26-24-22(33-15-34-26)7-6-20(35-24)16-12-23(25(29)32-14-16)43(39,40)36-21-5-4-17(30)13-19(21)31/h4-7,12-15,18,36H,8-11H2,1-3H3. The summed E-state index contributed by atoms with van der Waals surface area (Å²) in [5, 5.41) is -0.357. The lowest BCUT2D eigenvalue weighted by atomic mass is 10.1. The molecule has 0 unspecified atom stereocenters. The largest absolute Gasteiger partial charge is 0.473 e. The molecule has 5 rings (SSSR count). The Morgan fingerprint density at radius 1 is 1.07 bits per heavy atom. The van der Waals surface area contributed by atoms with Gasteiger partial charge in [0.2, 0.25) is 5.88 Å². The highest BCUT2D eigenvalue weighted by Gasteiger charge is 2.28. The van der Waals surface area contributed by atoms with E-state index in [1.165, 1.54) is 18.6 Å². The number of hydrogen-bond acceptors (Lipinski definition) is 9. The van der Waals surface area contributed by atoms with Gasteiger partial charge >= 0.3 is 6.09 Å². The average Bonchev–Trinajstić information content (AvgIpc) is 2.94. The van der Waals surface area contributed by atoms with Gasteiger partial charge in [0.1, 0.15) is 39.7 Å². The zero-order valence-electron chi connectivity index (χ0n) is 23.3. The highest BCUT2D eigenvalue weighted by atomic mass is 35.5. The van der Waals surface area contributed by atoms with Crippen LogP contribution in [-0.4, -0.2) is 64.1 Å². The Hall–Kier alpha value is -4.17. The van der Waals surface area contributed by atoms with Crippen molar-refractivity contribution in [3.63, 3.8) is 0 Å². The summed E-state index contributed by atoms with van der Waals surface area (Å²) in [4.78, 5) is 30.7. The molecule has 1 amide bonds. The quantitative estimate of drug-likeness (QED) is 0.269. The van der Waals surface area contributed by atoms with Crippen molar-refractivity contribution in [1.29, 1.82) is 0 Å². The first-order chi connectivity index (χ1) is 20.3. The number of anilines is 1. The fourth-order valence-electron chi connectivity index (χ4n) is 4.33. The van der Waals surface area contributed by atoms with Crippen molar-refractivity contribution < 1.29 is 31.5 Å². The molecule has 0 radical (unpaired) electrons. The lowest BCUT2D eigenvalue weighted by Crippen LogP contribution is -2.44. The number of hydrogen-bond donors (Lipinski definition) is 1. The smallest absolute Gasteiger partial charge is 0.410 e. The lowest BCUT2D eigenvalue weighted by molar-refractivity contribution is 0.0124. The first-order valence-electron chi connectivity index (χ1n) is 13.2. The summed E-state index contributed by atoms with van der Waals surface area (Å²) in [6.45, 7) is 6.34. The monoisotopic (exact) mass is 632 g/mol. The molecule has 0 atom stereocenters. The van der Waals surface area contributed by atoms with Crippen molar-refractivity contribution in [2.24, 2.45) is 0 Å². The van der Waals surface area contributed by atoms with Gasteiger partial charge in [-0.05, 0) is 51.1 Å². The van der Waals surface area contributed by atoms with Gasteiger partial charge in [0.15, 0.2) is 5.52 Å². The molecule has 0 aliphatic carbocycles. The van der Waals surface area contributed by atoms with Crippen LogP contribution in [0.5, 0.6) is 5.88 Å². The predicted molar refractivity (Wildman–Crippen MR) is 154 cm³/mol. The second-order valence-electron chi connectivity index (χ2n) is 10.8. The van der Waals surface area contributed by atoms with Crippen LogP contribution in [0.2, 0.25) is 5.15 Å². The molecule has 1 saturated heterocycles. The molecule has 11 nitrogen and oxygen atoms in total. The fourth-order valence-corrected chi connectivity index (χ4v) is 5.86. The van der Waals surface area contributed by atoms with E-state index in [0.29, 0.717) is 48.7 Å². The van der Waals surface area contributed by atoms with Gasteiger partial charge in [0.25, 0.3) is 10.0 Å².